The number of piperidine rings is 1. The van der Waals surface area contributed by atoms with E-state index in [9.17, 15) is 18.5 Å². The van der Waals surface area contributed by atoms with Crippen LogP contribution in [-0.2, 0) is 9.84 Å². The molecule has 1 fully saturated rings. The largest absolute Gasteiger partial charge is 0.366 e. The van der Waals surface area contributed by atoms with Gasteiger partial charge in [0.05, 0.1) is 4.92 Å². The van der Waals surface area contributed by atoms with Crippen molar-refractivity contribution in [2.75, 3.05) is 24.2 Å². The van der Waals surface area contributed by atoms with Crippen LogP contribution in [0.3, 0.4) is 0 Å². The second kappa shape index (κ2) is 6.01. The Morgan fingerprint density at radius 3 is 2.43 bits per heavy atom. The van der Waals surface area contributed by atoms with Gasteiger partial charge in [-0.15, -0.1) is 0 Å². The van der Waals surface area contributed by atoms with E-state index in [0.29, 0.717) is 11.6 Å². The zero-order chi connectivity index (χ0) is 15.6. The predicted octanol–water partition coefficient (Wildman–Crippen LogP) is 2.62. The van der Waals surface area contributed by atoms with Gasteiger partial charge in [0.15, 0.2) is 9.84 Å². The Bertz CT molecular complexity index is 634. The van der Waals surface area contributed by atoms with Gasteiger partial charge >= 0.3 is 5.69 Å². The number of hydrogen-bond donors (Lipinski definition) is 0. The molecule has 0 radical (unpaired) electrons. The molecule has 0 saturated carbocycles. The first-order chi connectivity index (χ1) is 9.84. The summed E-state index contributed by atoms with van der Waals surface area (Å²) in [6.07, 6.45) is 4.08. The van der Waals surface area contributed by atoms with Gasteiger partial charge in [0.2, 0.25) is 0 Å². The molecule has 21 heavy (non-hydrogen) atoms. The highest BCUT2D eigenvalue weighted by Gasteiger charge is 2.30. The van der Waals surface area contributed by atoms with Gasteiger partial charge in [0.25, 0.3) is 0 Å². The highest BCUT2D eigenvalue weighted by molar-refractivity contribution is 7.90. The molecule has 1 aliphatic heterocycles. The first kappa shape index (κ1) is 15.8. The smallest absolute Gasteiger partial charge is 0.311 e. The van der Waals surface area contributed by atoms with Crippen LogP contribution in [0.15, 0.2) is 23.1 Å². The van der Waals surface area contributed by atoms with Crippen LogP contribution in [-0.4, -0.2) is 32.7 Å². The third-order valence-corrected chi connectivity index (χ3v) is 5.22. The van der Waals surface area contributed by atoms with Crippen molar-refractivity contribution in [1.82, 2.24) is 0 Å². The molecule has 0 bridgehead atoms. The minimum Gasteiger partial charge on any atom is -0.366 e. The van der Waals surface area contributed by atoms with E-state index in [-0.39, 0.29) is 10.6 Å². The summed E-state index contributed by atoms with van der Waals surface area (Å²) >= 11 is 0. The van der Waals surface area contributed by atoms with Crippen molar-refractivity contribution in [1.29, 1.82) is 0 Å². The molecule has 0 spiro atoms. The molecule has 1 aliphatic rings. The lowest BCUT2D eigenvalue weighted by atomic mass is 9.94. The van der Waals surface area contributed by atoms with E-state index < -0.39 is 14.8 Å². The second-order valence-corrected chi connectivity index (χ2v) is 7.48. The summed E-state index contributed by atoms with van der Waals surface area (Å²) in [7, 11) is -3.62. The normalized spacial score (nSPS) is 17.0. The molecule has 7 heteroatoms. The van der Waals surface area contributed by atoms with Gasteiger partial charge in [0, 0.05) is 19.3 Å². The van der Waals surface area contributed by atoms with Crippen LogP contribution in [0.25, 0.3) is 0 Å². The Labute approximate surface area is 124 Å². The van der Waals surface area contributed by atoms with E-state index in [2.05, 4.69) is 6.92 Å². The highest BCUT2D eigenvalue weighted by Crippen LogP contribution is 2.36. The molecular weight excluding hydrogens is 292 g/mol. The molecule has 2 rings (SSSR count). The zero-order valence-corrected chi connectivity index (χ0v) is 13.1. The van der Waals surface area contributed by atoms with Gasteiger partial charge in [0.1, 0.15) is 10.6 Å². The number of benzene rings is 1. The molecule has 1 aromatic carbocycles. The Kier molecular flexibility index (Phi) is 4.51. The quantitative estimate of drug-likeness (QED) is 0.630. The van der Waals surface area contributed by atoms with E-state index >= 15 is 0 Å². The molecule has 116 valence electrons. The van der Waals surface area contributed by atoms with Crippen LogP contribution in [0.4, 0.5) is 11.4 Å². The fourth-order valence-corrected chi connectivity index (χ4v) is 3.69. The van der Waals surface area contributed by atoms with Crippen molar-refractivity contribution >= 4 is 21.2 Å². The maximum absolute atomic E-state index is 11.8. The van der Waals surface area contributed by atoms with Crippen molar-refractivity contribution in [3.8, 4) is 0 Å². The Morgan fingerprint density at radius 2 is 1.95 bits per heavy atom. The molecule has 6 nitrogen and oxygen atoms in total. The number of para-hydroxylation sites is 1. The minimum atomic E-state index is -3.62. The van der Waals surface area contributed by atoms with Gasteiger partial charge in [-0.1, -0.05) is 19.4 Å². The number of nitro benzene ring substituents is 1. The van der Waals surface area contributed by atoms with Crippen LogP contribution >= 0.6 is 0 Å². The van der Waals surface area contributed by atoms with Crippen LogP contribution < -0.4 is 4.90 Å². The van der Waals surface area contributed by atoms with Gasteiger partial charge in [-0.3, -0.25) is 10.1 Å². The van der Waals surface area contributed by atoms with Crippen molar-refractivity contribution in [3.63, 3.8) is 0 Å². The molecule has 0 N–H and O–H groups in total. The number of hydrogen-bond acceptors (Lipinski definition) is 5. The third-order valence-electron chi connectivity index (χ3n) is 4.09. The Morgan fingerprint density at radius 1 is 1.33 bits per heavy atom. The van der Waals surface area contributed by atoms with Gasteiger partial charge in [-0.05, 0) is 30.9 Å². The summed E-state index contributed by atoms with van der Waals surface area (Å²) in [4.78, 5) is 12.5. The lowest BCUT2D eigenvalue weighted by Gasteiger charge is -2.33. The van der Waals surface area contributed by atoms with Crippen LogP contribution in [0.2, 0.25) is 0 Å². The summed E-state index contributed by atoms with van der Waals surface area (Å²) in [6.45, 7) is 3.60. The lowest BCUT2D eigenvalue weighted by molar-refractivity contribution is -0.387. The average Bonchev–Trinajstić information content (AvgIpc) is 2.45. The van der Waals surface area contributed by atoms with E-state index in [1.54, 1.807) is 12.1 Å². The maximum atomic E-state index is 11.8. The molecule has 0 amide bonds. The van der Waals surface area contributed by atoms with E-state index in [1.165, 1.54) is 6.07 Å². The topological polar surface area (TPSA) is 80.5 Å². The number of rotatable bonds is 4. The summed E-state index contributed by atoms with van der Waals surface area (Å²) in [5, 5.41) is 11.4. The van der Waals surface area contributed by atoms with Crippen molar-refractivity contribution < 1.29 is 13.3 Å². The molecular formula is C14H20N2O4S. The monoisotopic (exact) mass is 312 g/mol. The van der Waals surface area contributed by atoms with Crippen molar-refractivity contribution in [3.05, 3.63) is 28.3 Å². The van der Waals surface area contributed by atoms with Crippen molar-refractivity contribution in [2.24, 2.45) is 5.92 Å². The number of anilines is 1. The van der Waals surface area contributed by atoms with Crippen LogP contribution in [0.1, 0.15) is 26.2 Å². The average molecular weight is 312 g/mol. The predicted molar refractivity (Wildman–Crippen MR) is 81.4 cm³/mol. The second-order valence-electron chi connectivity index (χ2n) is 5.49. The molecule has 1 aromatic rings. The standard InChI is InChI=1S/C14H20N2O4S/c1-3-11-7-9-15(10-8-11)12-5-4-6-13(21(2,19)20)14(12)16(17)18/h4-6,11H,3,7-10H2,1-2H3. The fourth-order valence-electron chi connectivity index (χ4n) is 2.83. The maximum Gasteiger partial charge on any atom is 0.311 e. The zero-order valence-electron chi connectivity index (χ0n) is 12.3. The van der Waals surface area contributed by atoms with Gasteiger partial charge < -0.3 is 4.90 Å². The lowest BCUT2D eigenvalue weighted by Crippen LogP contribution is -2.34. The van der Waals surface area contributed by atoms with Crippen LogP contribution in [0, 0.1) is 16.0 Å². The summed E-state index contributed by atoms with van der Waals surface area (Å²) in [5.74, 6) is 0.651. The van der Waals surface area contributed by atoms with Crippen LogP contribution in [0.5, 0.6) is 0 Å². The first-order valence-electron chi connectivity index (χ1n) is 7.07. The number of nitro groups is 1. The van der Waals surface area contributed by atoms with E-state index in [0.717, 1.165) is 38.6 Å². The molecule has 0 atom stereocenters. The number of nitrogens with zero attached hydrogens (tertiary/aromatic N) is 2. The Balaban J connectivity index is 2.43. The van der Waals surface area contributed by atoms with E-state index in [4.69, 9.17) is 0 Å². The first-order valence-corrected chi connectivity index (χ1v) is 8.96. The molecule has 1 heterocycles. The summed E-state index contributed by atoms with van der Waals surface area (Å²) in [6, 6.07) is 4.51. The highest BCUT2D eigenvalue weighted by atomic mass is 32.2. The van der Waals surface area contributed by atoms with E-state index in [1.807, 2.05) is 4.90 Å². The third kappa shape index (κ3) is 3.34. The summed E-state index contributed by atoms with van der Waals surface area (Å²) in [5.41, 5.74) is 0.118. The SMILES string of the molecule is CCC1CCN(c2cccc(S(C)(=O)=O)c2[N+](=O)[O-])CC1. The van der Waals surface area contributed by atoms with Crippen molar-refractivity contribution in [2.45, 2.75) is 31.1 Å². The van der Waals surface area contributed by atoms with Gasteiger partial charge in [-0.25, -0.2) is 8.42 Å². The molecule has 1 saturated heterocycles. The van der Waals surface area contributed by atoms with Gasteiger partial charge in [-0.2, -0.15) is 0 Å². The Hall–Kier alpha value is -1.63. The minimum absolute atomic E-state index is 0.206. The fraction of sp³-hybridized carbons (Fsp3) is 0.571. The summed E-state index contributed by atoms with van der Waals surface area (Å²) < 4.78 is 23.5. The number of sulfone groups is 1. The molecule has 0 aliphatic carbocycles. The molecule has 0 aromatic heterocycles. The molecule has 0 unspecified atom stereocenters.